The van der Waals surface area contributed by atoms with Gasteiger partial charge in [0.25, 0.3) is 5.91 Å². The van der Waals surface area contributed by atoms with E-state index in [2.05, 4.69) is 10.9 Å². The smallest absolute Gasteiger partial charge is 0.276 e. The highest BCUT2D eigenvalue weighted by molar-refractivity contribution is 5.84. The van der Waals surface area contributed by atoms with Crippen LogP contribution in [0.15, 0.2) is 18.2 Å². The summed E-state index contributed by atoms with van der Waals surface area (Å²) in [5, 5.41) is 0. The number of rotatable bonds is 4. The van der Waals surface area contributed by atoms with Crippen LogP contribution < -0.4 is 15.6 Å². The lowest BCUT2D eigenvalue weighted by Crippen LogP contribution is -2.45. The predicted molar refractivity (Wildman–Crippen MR) is 79.7 cm³/mol. The maximum Gasteiger partial charge on any atom is 0.276 e. The summed E-state index contributed by atoms with van der Waals surface area (Å²) in [6, 6.07) is 5.66. The second-order valence-corrected chi connectivity index (χ2v) is 5.55. The third-order valence-corrected chi connectivity index (χ3v) is 3.90. The van der Waals surface area contributed by atoms with Crippen LogP contribution in [-0.4, -0.2) is 18.4 Å². The first kappa shape index (κ1) is 15.4. The molecule has 0 bridgehead atoms. The van der Waals surface area contributed by atoms with Gasteiger partial charge in [-0.3, -0.25) is 20.4 Å². The molecule has 1 saturated carbocycles. The van der Waals surface area contributed by atoms with Crippen LogP contribution in [0.5, 0.6) is 5.75 Å². The van der Waals surface area contributed by atoms with Gasteiger partial charge in [-0.05, 0) is 49.9 Å². The summed E-state index contributed by atoms with van der Waals surface area (Å²) < 4.78 is 5.40. The Balaban J connectivity index is 1.71. The molecule has 5 nitrogen and oxygen atoms in total. The average molecular weight is 290 g/mol. The maximum atomic E-state index is 11.7. The zero-order valence-electron chi connectivity index (χ0n) is 12.6. The number of carbonyl (C=O) groups is 2. The summed E-state index contributed by atoms with van der Waals surface area (Å²) in [6.07, 6.45) is 3.98. The molecule has 2 amide bonds. The van der Waals surface area contributed by atoms with Crippen molar-refractivity contribution in [2.45, 2.75) is 39.5 Å². The molecule has 0 radical (unpaired) electrons. The van der Waals surface area contributed by atoms with Crippen LogP contribution in [0.3, 0.4) is 0 Å². The Kier molecular flexibility index (Phi) is 5.20. The summed E-state index contributed by atoms with van der Waals surface area (Å²) in [6.45, 7) is 3.89. The van der Waals surface area contributed by atoms with Crippen LogP contribution in [0.4, 0.5) is 0 Å². The lowest BCUT2D eigenvalue weighted by Gasteiger charge is -2.12. The van der Waals surface area contributed by atoms with Crippen molar-refractivity contribution < 1.29 is 14.3 Å². The summed E-state index contributed by atoms with van der Waals surface area (Å²) in [5.41, 5.74) is 7.14. The average Bonchev–Trinajstić information content (AvgIpc) is 3.00. The van der Waals surface area contributed by atoms with Crippen LogP contribution in [0.25, 0.3) is 0 Å². The summed E-state index contributed by atoms with van der Waals surface area (Å²) in [7, 11) is 0. The van der Waals surface area contributed by atoms with E-state index in [0.29, 0.717) is 5.75 Å². The molecule has 1 fully saturated rings. The van der Waals surface area contributed by atoms with Crippen molar-refractivity contribution in [1.82, 2.24) is 10.9 Å². The maximum absolute atomic E-state index is 11.7. The molecule has 21 heavy (non-hydrogen) atoms. The van der Waals surface area contributed by atoms with Gasteiger partial charge in [0.2, 0.25) is 5.91 Å². The van der Waals surface area contributed by atoms with Crippen molar-refractivity contribution in [3.63, 3.8) is 0 Å². The number of ether oxygens (including phenoxy) is 1. The van der Waals surface area contributed by atoms with Gasteiger partial charge in [0.15, 0.2) is 6.61 Å². The molecule has 0 aromatic heterocycles. The molecule has 1 aliphatic carbocycles. The molecule has 0 atom stereocenters. The van der Waals surface area contributed by atoms with Gasteiger partial charge in [0.1, 0.15) is 5.75 Å². The molecule has 5 heteroatoms. The van der Waals surface area contributed by atoms with Crippen molar-refractivity contribution in [2.24, 2.45) is 5.92 Å². The Bertz CT molecular complexity index is 522. The lowest BCUT2D eigenvalue weighted by atomic mass is 10.1. The lowest BCUT2D eigenvalue weighted by molar-refractivity contribution is -0.132. The first-order chi connectivity index (χ1) is 10.1. The number of nitrogens with one attached hydrogen (secondary N) is 2. The van der Waals surface area contributed by atoms with E-state index in [1.165, 1.54) is 5.56 Å². The minimum atomic E-state index is -0.362. The Morgan fingerprint density at radius 1 is 1.14 bits per heavy atom. The Morgan fingerprint density at radius 2 is 1.86 bits per heavy atom. The SMILES string of the molecule is Cc1ccc(OCC(=O)NNC(=O)C2CCCC2)cc1C. The van der Waals surface area contributed by atoms with Crippen LogP contribution in [0.1, 0.15) is 36.8 Å². The topological polar surface area (TPSA) is 67.4 Å². The molecular formula is C16H22N2O3. The molecule has 0 saturated heterocycles. The summed E-state index contributed by atoms with van der Waals surface area (Å²) in [5.74, 6) is 0.216. The third kappa shape index (κ3) is 4.48. The van der Waals surface area contributed by atoms with Crippen molar-refractivity contribution in [1.29, 1.82) is 0 Å². The molecular weight excluding hydrogens is 268 g/mol. The molecule has 0 spiro atoms. The van der Waals surface area contributed by atoms with E-state index in [-0.39, 0.29) is 24.3 Å². The quantitative estimate of drug-likeness (QED) is 0.834. The number of hydrazine groups is 1. The van der Waals surface area contributed by atoms with Gasteiger partial charge < -0.3 is 4.74 Å². The zero-order chi connectivity index (χ0) is 15.2. The van der Waals surface area contributed by atoms with E-state index in [1.54, 1.807) is 0 Å². The van der Waals surface area contributed by atoms with Gasteiger partial charge in [-0.1, -0.05) is 18.9 Å². The predicted octanol–water partition coefficient (Wildman–Crippen LogP) is 2.02. The van der Waals surface area contributed by atoms with Crippen LogP contribution in [0.2, 0.25) is 0 Å². The van der Waals surface area contributed by atoms with E-state index < -0.39 is 0 Å². The van der Waals surface area contributed by atoms with Gasteiger partial charge in [-0.15, -0.1) is 0 Å². The van der Waals surface area contributed by atoms with Crippen molar-refractivity contribution >= 4 is 11.8 Å². The van der Waals surface area contributed by atoms with Gasteiger partial charge >= 0.3 is 0 Å². The molecule has 0 unspecified atom stereocenters. The van der Waals surface area contributed by atoms with Crippen molar-refractivity contribution in [2.75, 3.05) is 6.61 Å². The number of aryl methyl sites for hydroxylation is 2. The van der Waals surface area contributed by atoms with Gasteiger partial charge in [0, 0.05) is 5.92 Å². The van der Waals surface area contributed by atoms with Crippen LogP contribution in [-0.2, 0) is 9.59 Å². The molecule has 1 aromatic rings. The molecule has 114 valence electrons. The van der Waals surface area contributed by atoms with E-state index in [1.807, 2.05) is 32.0 Å². The highest BCUT2D eigenvalue weighted by atomic mass is 16.5. The van der Waals surface area contributed by atoms with E-state index >= 15 is 0 Å². The fourth-order valence-corrected chi connectivity index (χ4v) is 2.41. The van der Waals surface area contributed by atoms with E-state index in [4.69, 9.17) is 4.74 Å². The van der Waals surface area contributed by atoms with Gasteiger partial charge in [0.05, 0.1) is 0 Å². The number of hydrogen-bond acceptors (Lipinski definition) is 3. The number of amides is 2. The van der Waals surface area contributed by atoms with Crippen LogP contribution in [0, 0.1) is 19.8 Å². The monoisotopic (exact) mass is 290 g/mol. The van der Waals surface area contributed by atoms with Gasteiger partial charge in [-0.25, -0.2) is 0 Å². The standard InChI is InChI=1S/C16H22N2O3/c1-11-7-8-14(9-12(11)2)21-10-15(19)17-18-16(20)13-5-3-4-6-13/h7-9,13H,3-6,10H2,1-2H3,(H,17,19)(H,18,20). The fraction of sp³-hybridized carbons (Fsp3) is 0.500. The van der Waals surface area contributed by atoms with E-state index in [0.717, 1.165) is 31.2 Å². The molecule has 0 aliphatic heterocycles. The van der Waals surface area contributed by atoms with Crippen LogP contribution >= 0.6 is 0 Å². The molecule has 1 aromatic carbocycles. The molecule has 2 N–H and O–H groups in total. The Labute approximate surface area is 125 Å². The minimum Gasteiger partial charge on any atom is -0.484 e. The largest absolute Gasteiger partial charge is 0.484 e. The Hall–Kier alpha value is -2.04. The zero-order valence-corrected chi connectivity index (χ0v) is 12.6. The fourth-order valence-electron chi connectivity index (χ4n) is 2.41. The first-order valence-corrected chi connectivity index (χ1v) is 7.35. The molecule has 2 rings (SSSR count). The molecule has 1 aliphatic rings. The summed E-state index contributed by atoms with van der Waals surface area (Å²) in [4.78, 5) is 23.4. The second kappa shape index (κ2) is 7.11. The third-order valence-electron chi connectivity index (χ3n) is 3.90. The first-order valence-electron chi connectivity index (χ1n) is 7.35. The van der Waals surface area contributed by atoms with Crippen molar-refractivity contribution in [3.8, 4) is 5.75 Å². The van der Waals surface area contributed by atoms with E-state index in [9.17, 15) is 9.59 Å². The number of benzene rings is 1. The minimum absolute atomic E-state index is 0.0333. The summed E-state index contributed by atoms with van der Waals surface area (Å²) >= 11 is 0. The number of carbonyl (C=O) groups excluding carboxylic acids is 2. The normalized spacial score (nSPS) is 14.8. The van der Waals surface area contributed by atoms with Gasteiger partial charge in [-0.2, -0.15) is 0 Å². The second-order valence-electron chi connectivity index (χ2n) is 5.55. The van der Waals surface area contributed by atoms with Crippen molar-refractivity contribution in [3.05, 3.63) is 29.3 Å². The highest BCUT2D eigenvalue weighted by Crippen LogP contribution is 2.24. The number of hydrogen-bond donors (Lipinski definition) is 2. The highest BCUT2D eigenvalue weighted by Gasteiger charge is 2.22. The molecule has 0 heterocycles. The Morgan fingerprint density at radius 3 is 2.52 bits per heavy atom.